The second-order valence-electron chi connectivity index (χ2n) is 5.33. The second kappa shape index (κ2) is 5.25. The third kappa shape index (κ3) is 3.29. The van der Waals surface area contributed by atoms with Crippen LogP contribution in [0.25, 0.3) is 0 Å². The summed E-state index contributed by atoms with van der Waals surface area (Å²) < 4.78 is 5.59. The Kier molecular flexibility index (Phi) is 4.07. The molecular weight excluding hydrogens is 273 g/mol. The van der Waals surface area contributed by atoms with Crippen molar-refractivity contribution < 1.29 is 9.57 Å². The molecule has 0 aliphatic carbocycles. The summed E-state index contributed by atoms with van der Waals surface area (Å²) >= 11 is 12.2. The van der Waals surface area contributed by atoms with E-state index < -0.39 is 0 Å². The van der Waals surface area contributed by atoms with Crippen LogP contribution in [0, 0.1) is 0 Å². The molecule has 1 heterocycles. The lowest BCUT2D eigenvalue weighted by atomic mass is 10.0. The average Bonchev–Trinajstić information content (AvgIpc) is 2.25. The van der Waals surface area contributed by atoms with Gasteiger partial charge in [-0.2, -0.15) is 5.48 Å². The Balaban J connectivity index is 2.22. The van der Waals surface area contributed by atoms with E-state index in [2.05, 4.69) is 5.48 Å². The van der Waals surface area contributed by atoms with E-state index >= 15 is 0 Å². The Morgan fingerprint density at radius 1 is 1.33 bits per heavy atom. The Bertz CT molecular complexity index is 443. The lowest BCUT2D eigenvalue weighted by Crippen LogP contribution is -2.34. The monoisotopic (exact) mass is 289 g/mol. The van der Waals surface area contributed by atoms with Crippen LogP contribution in [0.5, 0.6) is 5.75 Å². The molecule has 0 bridgehead atoms. The van der Waals surface area contributed by atoms with E-state index in [1.54, 1.807) is 6.07 Å². The minimum Gasteiger partial charge on any atom is -0.492 e. The molecule has 1 aliphatic rings. The first-order valence-electron chi connectivity index (χ1n) is 5.92. The highest BCUT2D eigenvalue weighted by molar-refractivity contribution is 6.35. The molecule has 1 N–H and O–H groups in total. The van der Waals surface area contributed by atoms with Crippen molar-refractivity contribution in [3.05, 3.63) is 27.7 Å². The quantitative estimate of drug-likeness (QED) is 0.830. The smallest absolute Gasteiger partial charge is 0.142 e. The Hall–Kier alpha value is -0.480. The maximum Gasteiger partial charge on any atom is 0.142 e. The summed E-state index contributed by atoms with van der Waals surface area (Å²) in [5, 5.41) is 1.14. The first-order chi connectivity index (χ1) is 8.37. The van der Waals surface area contributed by atoms with Crippen LogP contribution in [0.15, 0.2) is 12.1 Å². The molecular formula is C13H17Cl2NO2. The number of rotatable bonds is 2. The van der Waals surface area contributed by atoms with E-state index in [0.29, 0.717) is 22.4 Å². The number of halogens is 2. The molecule has 0 amide bonds. The molecule has 0 fully saturated rings. The maximum absolute atomic E-state index is 6.12. The zero-order valence-electron chi connectivity index (χ0n) is 10.7. The summed E-state index contributed by atoms with van der Waals surface area (Å²) in [6.45, 7) is 6.58. The summed E-state index contributed by atoms with van der Waals surface area (Å²) in [6, 6.07) is 3.60. The SMILES string of the molecule is CC(C)(C)ONC1CCOc2c(Cl)cc(Cl)cc21. The third-order valence-electron chi connectivity index (χ3n) is 2.57. The molecule has 0 spiro atoms. The van der Waals surface area contributed by atoms with Crippen molar-refractivity contribution in [2.45, 2.75) is 38.8 Å². The molecule has 100 valence electrons. The largest absolute Gasteiger partial charge is 0.492 e. The third-order valence-corrected chi connectivity index (χ3v) is 3.07. The fourth-order valence-electron chi connectivity index (χ4n) is 1.80. The molecule has 1 aromatic rings. The van der Waals surface area contributed by atoms with Crippen LogP contribution in [0.2, 0.25) is 10.0 Å². The predicted octanol–water partition coefficient (Wildman–Crippen LogP) is 4.14. The highest BCUT2D eigenvalue weighted by Crippen LogP contribution is 2.40. The van der Waals surface area contributed by atoms with Gasteiger partial charge in [-0.15, -0.1) is 0 Å². The highest BCUT2D eigenvalue weighted by Gasteiger charge is 2.25. The second-order valence-corrected chi connectivity index (χ2v) is 6.17. The van der Waals surface area contributed by atoms with Crippen LogP contribution in [0.1, 0.15) is 38.8 Å². The molecule has 5 heteroatoms. The zero-order chi connectivity index (χ0) is 13.3. The fourth-order valence-corrected chi connectivity index (χ4v) is 2.36. The number of nitrogens with one attached hydrogen (secondary N) is 1. The van der Waals surface area contributed by atoms with Gasteiger partial charge in [0, 0.05) is 17.0 Å². The van der Waals surface area contributed by atoms with Gasteiger partial charge in [0.2, 0.25) is 0 Å². The summed E-state index contributed by atoms with van der Waals surface area (Å²) in [7, 11) is 0. The van der Waals surface area contributed by atoms with Crippen LogP contribution in [0.3, 0.4) is 0 Å². The van der Waals surface area contributed by atoms with E-state index in [1.807, 2.05) is 26.8 Å². The van der Waals surface area contributed by atoms with Gasteiger partial charge in [0.1, 0.15) is 5.75 Å². The number of hydroxylamine groups is 1. The van der Waals surface area contributed by atoms with Crippen LogP contribution in [0.4, 0.5) is 0 Å². The predicted molar refractivity (Wildman–Crippen MR) is 73.3 cm³/mol. The molecule has 1 aliphatic heterocycles. The van der Waals surface area contributed by atoms with Gasteiger partial charge in [-0.05, 0) is 32.9 Å². The van der Waals surface area contributed by atoms with Crippen LogP contribution in [-0.4, -0.2) is 12.2 Å². The summed E-state index contributed by atoms with van der Waals surface area (Å²) in [5.41, 5.74) is 3.77. The lowest BCUT2D eigenvalue weighted by Gasteiger charge is -2.30. The molecule has 0 radical (unpaired) electrons. The molecule has 0 saturated carbocycles. The average molecular weight is 290 g/mol. The van der Waals surface area contributed by atoms with Crippen molar-refractivity contribution in [3.8, 4) is 5.75 Å². The van der Waals surface area contributed by atoms with E-state index in [4.69, 9.17) is 32.8 Å². The highest BCUT2D eigenvalue weighted by atomic mass is 35.5. The summed E-state index contributed by atoms with van der Waals surface area (Å²) in [6.07, 6.45) is 0.819. The fraction of sp³-hybridized carbons (Fsp3) is 0.538. The van der Waals surface area contributed by atoms with Crippen molar-refractivity contribution >= 4 is 23.2 Å². The number of hydrogen-bond donors (Lipinski definition) is 1. The van der Waals surface area contributed by atoms with E-state index in [9.17, 15) is 0 Å². The van der Waals surface area contributed by atoms with E-state index in [1.165, 1.54) is 0 Å². The standard InChI is InChI=1S/C13H17Cl2NO2/c1-13(2,3)18-16-11-4-5-17-12-9(11)6-8(14)7-10(12)15/h6-7,11,16H,4-5H2,1-3H3. The van der Waals surface area contributed by atoms with Crippen LogP contribution >= 0.6 is 23.2 Å². The zero-order valence-corrected chi connectivity index (χ0v) is 12.2. The first-order valence-corrected chi connectivity index (χ1v) is 6.68. The first kappa shape index (κ1) is 13.9. The Labute approximate surface area is 117 Å². The van der Waals surface area contributed by atoms with E-state index in [-0.39, 0.29) is 11.6 Å². The van der Waals surface area contributed by atoms with Gasteiger partial charge in [-0.1, -0.05) is 23.2 Å². The molecule has 1 unspecified atom stereocenters. The van der Waals surface area contributed by atoms with Crippen molar-refractivity contribution in [2.24, 2.45) is 0 Å². The minimum atomic E-state index is -0.249. The summed E-state index contributed by atoms with van der Waals surface area (Å²) in [5.74, 6) is 0.697. The molecule has 1 aromatic carbocycles. The molecule has 1 atom stereocenters. The van der Waals surface area contributed by atoms with Gasteiger partial charge in [-0.25, -0.2) is 0 Å². The van der Waals surface area contributed by atoms with E-state index in [0.717, 1.165) is 12.0 Å². The summed E-state index contributed by atoms with van der Waals surface area (Å²) in [4.78, 5) is 5.61. The number of benzene rings is 1. The lowest BCUT2D eigenvalue weighted by molar-refractivity contribution is -0.0932. The number of fused-ring (bicyclic) bond motifs is 1. The van der Waals surface area contributed by atoms with Gasteiger partial charge in [0.05, 0.1) is 23.3 Å². The Morgan fingerprint density at radius 3 is 2.72 bits per heavy atom. The Morgan fingerprint density at radius 2 is 2.06 bits per heavy atom. The van der Waals surface area contributed by atoms with Crippen LogP contribution < -0.4 is 10.2 Å². The normalized spacial score (nSPS) is 19.3. The van der Waals surface area contributed by atoms with Gasteiger partial charge in [0.15, 0.2) is 0 Å². The van der Waals surface area contributed by atoms with Gasteiger partial charge in [-0.3, -0.25) is 4.84 Å². The van der Waals surface area contributed by atoms with Crippen molar-refractivity contribution in [3.63, 3.8) is 0 Å². The van der Waals surface area contributed by atoms with Crippen molar-refractivity contribution in [1.82, 2.24) is 5.48 Å². The molecule has 0 aromatic heterocycles. The van der Waals surface area contributed by atoms with Gasteiger partial charge >= 0.3 is 0 Å². The van der Waals surface area contributed by atoms with Gasteiger partial charge in [0.25, 0.3) is 0 Å². The maximum atomic E-state index is 6.12. The molecule has 0 saturated heterocycles. The molecule has 3 nitrogen and oxygen atoms in total. The number of hydrogen-bond acceptors (Lipinski definition) is 3. The molecule has 18 heavy (non-hydrogen) atoms. The van der Waals surface area contributed by atoms with Crippen molar-refractivity contribution in [1.29, 1.82) is 0 Å². The van der Waals surface area contributed by atoms with Gasteiger partial charge < -0.3 is 4.74 Å². The number of ether oxygens (including phenoxy) is 1. The topological polar surface area (TPSA) is 30.5 Å². The van der Waals surface area contributed by atoms with Crippen molar-refractivity contribution in [2.75, 3.05) is 6.61 Å². The molecule has 2 rings (SSSR count). The minimum absolute atomic E-state index is 0.0455. The van der Waals surface area contributed by atoms with Crippen LogP contribution in [-0.2, 0) is 4.84 Å².